The van der Waals surface area contributed by atoms with E-state index in [4.69, 9.17) is 19.3 Å². The molecule has 0 amide bonds. The first-order valence-electron chi connectivity index (χ1n) is 9.19. The highest BCUT2D eigenvalue weighted by Gasteiger charge is 2.37. The van der Waals surface area contributed by atoms with E-state index in [0.29, 0.717) is 25.3 Å². The maximum atomic E-state index is 13.1. The molecule has 0 radical (unpaired) electrons. The van der Waals surface area contributed by atoms with Gasteiger partial charge in [0, 0.05) is 26.4 Å². The molecule has 0 aliphatic carbocycles. The van der Waals surface area contributed by atoms with E-state index < -0.39 is 23.7 Å². The number of aromatic nitrogens is 1. The van der Waals surface area contributed by atoms with Crippen LogP contribution in [0.1, 0.15) is 17.5 Å². The molecule has 2 heterocycles. The number of likely N-dealkylation sites (tertiary alicyclic amines) is 1. The van der Waals surface area contributed by atoms with E-state index in [9.17, 15) is 13.2 Å². The van der Waals surface area contributed by atoms with Crippen LogP contribution in [0.15, 0.2) is 42.6 Å². The van der Waals surface area contributed by atoms with Gasteiger partial charge in [-0.2, -0.15) is 13.2 Å². The zero-order valence-electron chi connectivity index (χ0n) is 15.9. The fraction of sp³-hybridized carbons (Fsp3) is 0.450. The molecular weight excluding hydrogens is 389 g/mol. The molecular formula is C20H23F3N2O4. The van der Waals surface area contributed by atoms with Gasteiger partial charge in [-0.25, -0.2) is 4.98 Å². The summed E-state index contributed by atoms with van der Waals surface area (Å²) < 4.78 is 56.1. The summed E-state index contributed by atoms with van der Waals surface area (Å²) in [5, 5.41) is 9.07. The molecule has 1 saturated heterocycles. The molecule has 1 aliphatic heterocycles. The summed E-state index contributed by atoms with van der Waals surface area (Å²) >= 11 is 0. The molecule has 9 heteroatoms. The maximum absolute atomic E-state index is 13.1. The minimum atomic E-state index is -4.52. The molecule has 1 aromatic carbocycles. The zero-order valence-corrected chi connectivity index (χ0v) is 15.9. The Morgan fingerprint density at radius 1 is 1.24 bits per heavy atom. The van der Waals surface area contributed by atoms with Crippen LogP contribution in [0.2, 0.25) is 0 Å². The van der Waals surface area contributed by atoms with E-state index in [1.54, 1.807) is 31.4 Å². The van der Waals surface area contributed by atoms with Crippen molar-refractivity contribution in [2.45, 2.75) is 31.5 Å². The van der Waals surface area contributed by atoms with Crippen LogP contribution in [0.3, 0.4) is 0 Å². The molecule has 1 N–H and O–H groups in total. The average molecular weight is 412 g/mol. The van der Waals surface area contributed by atoms with Crippen LogP contribution in [0.5, 0.6) is 11.6 Å². The topological polar surface area (TPSA) is 64.0 Å². The van der Waals surface area contributed by atoms with Crippen LogP contribution in [-0.2, 0) is 17.5 Å². The summed E-state index contributed by atoms with van der Waals surface area (Å²) in [7, 11) is 1.55. The average Bonchev–Trinajstić information content (AvgIpc) is 3.17. The number of aliphatic hydroxyl groups excluding tert-OH is 1. The van der Waals surface area contributed by atoms with Crippen molar-refractivity contribution in [1.29, 1.82) is 0 Å². The Balaban J connectivity index is 1.56. The predicted molar refractivity (Wildman–Crippen MR) is 98.5 cm³/mol. The van der Waals surface area contributed by atoms with Crippen LogP contribution in [0.25, 0.3) is 0 Å². The second kappa shape index (κ2) is 9.43. The smallest absolute Gasteiger partial charge is 0.421 e. The highest BCUT2D eigenvalue weighted by Crippen LogP contribution is 2.35. The Morgan fingerprint density at radius 3 is 2.66 bits per heavy atom. The van der Waals surface area contributed by atoms with Crippen molar-refractivity contribution in [3.63, 3.8) is 0 Å². The summed E-state index contributed by atoms with van der Waals surface area (Å²) in [6.07, 6.45) is -3.47. The van der Waals surface area contributed by atoms with Crippen LogP contribution in [0.4, 0.5) is 13.2 Å². The number of methoxy groups -OCH3 is 1. The Hall–Kier alpha value is -2.36. The molecule has 0 bridgehead atoms. The second-order valence-corrected chi connectivity index (χ2v) is 6.68. The van der Waals surface area contributed by atoms with E-state index in [1.807, 2.05) is 4.90 Å². The fourth-order valence-electron chi connectivity index (χ4n) is 3.15. The standard InChI is InChI=1S/C20H23F3N2O4/c1-27-18(13-28-15-6-4-14(12-26)5-7-15)25-10-8-16(11-25)29-19-17(20(21,22)23)3-2-9-24-19/h2-7,9,16,18,26H,8,10-13H2,1H3. The number of hydrogen-bond acceptors (Lipinski definition) is 6. The number of nitrogens with zero attached hydrogens (tertiary/aromatic N) is 2. The normalized spacial score (nSPS) is 18.6. The van der Waals surface area contributed by atoms with E-state index >= 15 is 0 Å². The molecule has 2 atom stereocenters. The number of alkyl halides is 3. The molecule has 158 valence electrons. The van der Waals surface area contributed by atoms with Gasteiger partial charge in [-0.1, -0.05) is 12.1 Å². The van der Waals surface area contributed by atoms with Gasteiger partial charge in [0.2, 0.25) is 5.88 Å². The van der Waals surface area contributed by atoms with Crippen LogP contribution < -0.4 is 9.47 Å². The summed E-state index contributed by atoms with van der Waals surface area (Å²) in [5.74, 6) is 0.237. The van der Waals surface area contributed by atoms with Crippen LogP contribution in [0, 0.1) is 0 Å². The molecule has 1 fully saturated rings. The highest BCUT2D eigenvalue weighted by atomic mass is 19.4. The lowest BCUT2D eigenvalue weighted by Crippen LogP contribution is -2.40. The molecule has 0 spiro atoms. The molecule has 0 saturated carbocycles. The van der Waals surface area contributed by atoms with Gasteiger partial charge in [0.1, 0.15) is 30.3 Å². The summed E-state index contributed by atoms with van der Waals surface area (Å²) in [6.45, 7) is 1.21. The minimum Gasteiger partial charge on any atom is -0.489 e. The Morgan fingerprint density at radius 2 is 2.00 bits per heavy atom. The number of halogens is 3. The third-order valence-corrected chi connectivity index (χ3v) is 4.71. The van der Waals surface area contributed by atoms with Gasteiger partial charge in [-0.3, -0.25) is 4.90 Å². The van der Waals surface area contributed by atoms with E-state index in [-0.39, 0.29) is 19.4 Å². The van der Waals surface area contributed by atoms with Gasteiger partial charge in [-0.05, 0) is 36.2 Å². The van der Waals surface area contributed by atoms with Crippen molar-refractivity contribution in [2.75, 3.05) is 26.8 Å². The van der Waals surface area contributed by atoms with Gasteiger partial charge >= 0.3 is 6.18 Å². The first-order chi connectivity index (χ1) is 13.9. The van der Waals surface area contributed by atoms with Crippen molar-refractivity contribution in [3.05, 3.63) is 53.7 Å². The lowest BCUT2D eigenvalue weighted by atomic mass is 10.2. The first-order valence-corrected chi connectivity index (χ1v) is 9.19. The van der Waals surface area contributed by atoms with Crippen LogP contribution in [-0.4, -0.2) is 54.1 Å². The Labute approximate surface area is 166 Å². The van der Waals surface area contributed by atoms with E-state index in [0.717, 1.165) is 11.6 Å². The Kier molecular flexibility index (Phi) is 6.94. The third-order valence-electron chi connectivity index (χ3n) is 4.71. The number of pyridine rings is 1. The van der Waals surface area contributed by atoms with Crippen molar-refractivity contribution in [3.8, 4) is 11.6 Å². The highest BCUT2D eigenvalue weighted by molar-refractivity contribution is 5.29. The quantitative estimate of drug-likeness (QED) is 0.719. The second-order valence-electron chi connectivity index (χ2n) is 6.68. The van der Waals surface area contributed by atoms with Crippen molar-refractivity contribution in [2.24, 2.45) is 0 Å². The minimum absolute atomic E-state index is 0.0392. The van der Waals surface area contributed by atoms with Crippen molar-refractivity contribution >= 4 is 0 Å². The maximum Gasteiger partial charge on any atom is 0.421 e. The largest absolute Gasteiger partial charge is 0.489 e. The first kappa shape index (κ1) is 21.4. The van der Waals surface area contributed by atoms with E-state index in [1.165, 1.54) is 12.3 Å². The number of benzene rings is 1. The SMILES string of the molecule is COC(COc1ccc(CO)cc1)N1CCC(Oc2ncccc2C(F)(F)F)C1. The lowest BCUT2D eigenvalue weighted by Gasteiger charge is -2.26. The number of ether oxygens (including phenoxy) is 3. The molecule has 3 rings (SSSR count). The molecule has 1 aliphatic rings. The molecule has 6 nitrogen and oxygen atoms in total. The number of hydrogen-bond donors (Lipinski definition) is 1. The van der Waals surface area contributed by atoms with Crippen molar-refractivity contribution in [1.82, 2.24) is 9.88 Å². The monoisotopic (exact) mass is 412 g/mol. The van der Waals surface area contributed by atoms with Crippen LogP contribution >= 0.6 is 0 Å². The van der Waals surface area contributed by atoms with E-state index in [2.05, 4.69) is 4.98 Å². The molecule has 2 unspecified atom stereocenters. The summed E-state index contributed by atoms with van der Waals surface area (Å²) in [4.78, 5) is 5.72. The van der Waals surface area contributed by atoms with Gasteiger partial charge in [0.15, 0.2) is 0 Å². The summed E-state index contributed by atoms with van der Waals surface area (Å²) in [5.41, 5.74) is -0.0932. The molecule has 1 aromatic heterocycles. The van der Waals surface area contributed by atoms with Crippen molar-refractivity contribution < 1.29 is 32.5 Å². The third kappa shape index (κ3) is 5.59. The number of aliphatic hydroxyl groups is 1. The van der Waals surface area contributed by atoms with Gasteiger partial charge in [0.05, 0.1) is 6.61 Å². The zero-order chi connectivity index (χ0) is 20.9. The van der Waals surface area contributed by atoms with Gasteiger partial charge in [0.25, 0.3) is 0 Å². The van der Waals surface area contributed by atoms with Gasteiger partial charge in [-0.15, -0.1) is 0 Å². The van der Waals surface area contributed by atoms with Gasteiger partial charge < -0.3 is 19.3 Å². The predicted octanol–water partition coefficient (Wildman–Crippen LogP) is 3.10. The fourth-order valence-corrected chi connectivity index (χ4v) is 3.15. The molecule has 29 heavy (non-hydrogen) atoms. The number of rotatable bonds is 8. The molecule has 2 aromatic rings. The summed E-state index contributed by atoms with van der Waals surface area (Å²) in [6, 6.07) is 9.25. The Bertz CT molecular complexity index is 786. The lowest BCUT2D eigenvalue weighted by molar-refractivity contribution is -0.139.